The smallest absolute Gasteiger partial charge is 0.335 e. The number of carbonyl (C=O) groups excluding carboxylic acids is 1. The van der Waals surface area contributed by atoms with Gasteiger partial charge in [-0.3, -0.25) is 4.79 Å². The van der Waals surface area contributed by atoms with Gasteiger partial charge in [0.2, 0.25) is 5.91 Å². The van der Waals surface area contributed by atoms with Gasteiger partial charge in [0.15, 0.2) is 0 Å². The molecule has 1 amide bonds. The Hall–Kier alpha value is -1.53. The molecule has 5 nitrogen and oxygen atoms in total. The zero-order valence-corrected chi connectivity index (χ0v) is 14.4. The zero-order chi connectivity index (χ0) is 17.1. The second-order valence-corrected chi connectivity index (χ2v) is 6.51. The van der Waals surface area contributed by atoms with E-state index in [0.29, 0.717) is 18.1 Å². The van der Waals surface area contributed by atoms with E-state index in [9.17, 15) is 9.59 Å². The fourth-order valence-electron chi connectivity index (χ4n) is 2.02. The summed E-state index contributed by atoms with van der Waals surface area (Å²) in [5.74, 6) is 0.218. The molecule has 0 bridgehead atoms. The van der Waals surface area contributed by atoms with Crippen LogP contribution in [0.1, 0.15) is 48.5 Å². The number of nitrogens with one attached hydrogen (secondary N) is 1. The molecule has 0 spiro atoms. The first-order valence-electron chi connectivity index (χ1n) is 7.98. The quantitative estimate of drug-likeness (QED) is 0.539. The van der Waals surface area contributed by atoms with E-state index in [1.165, 1.54) is 12.8 Å². The molecule has 6 heteroatoms. The van der Waals surface area contributed by atoms with Crippen LogP contribution in [0.3, 0.4) is 0 Å². The first-order chi connectivity index (χ1) is 11.0. The Morgan fingerprint density at radius 2 is 1.91 bits per heavy atom. The molecule has 0 radical (unpaired) electrons. The predicted octanol–water partition coefficient (Wildman–Crippen LogP) is 2.64. The summed E-state index contributed by atoms with van der Waals surface area (Å²) in [6, 6.07) is 6.23. The fourth-order valence-corrected chi connectivity index (χ4v) is 2.97. The van der Waals surface area contributed by atoms with Crippen LogP contribution in [0.15, 0.2) is 24.3 Å². The lowest BCUT2D eigenvalue weighted by atomic mass is 10.1. The molecule has 0 fully saturated rings. The second-order valence-electron chi connectivity index (χ2n) is 5.48. The van der Waals surface area contributed by atoms with Gasteiger partial charge in [0.1, 0.15) is 0 Å². The van der Waals surface area contributed by atoms with Crippen molar-refractivity contribution in [3.63, 3.8) is 0 Å². The van der Waals surface area contributed by atoms with Crippen LogP contribution in [0.5, 0.6) is 0 Å². The van der Waals surface area contributed by atoms with Crippen molar-refractivity contribution in [2.45, 2.75) is 44.4 Å². The van der Waals surface area contributed by atoms with Crippen molar-refractivity contribution in [1.29, 1.82) is 0 Å². The molecular weight excluding hydrogens is 312 g/mol. The number of aromatic carboxylic acids is 1. The number of amides is 1. The Balaban J connectivity index is 2.21. The molecule has 0 aromatic heterocycles. The molecule has 1 atom stereocenters. The Bertz CT molecular complexity index is 491. The summed E-state index contributed by atoms with van der Waals surface area (Å²) in [7, 11) is 0. The summed E-state index contributed by atoms with van der Waals surface area (Å²) in [5, 5.41) is 11.7. The summed E-state index contributed by atoms with van der Waals surface area (Å²) < 4.78 is 0. The second kappa shape index (κ2) is 11.1. The lowest BCUT2D eigenvalue weighted by Gasteiger charge is -2.12. The lowest BCUT2D eigenvalue weighted by Crippen LogP contribution is -2.42. The van der Waals surface area contributed by atoms with Crippen LogP contribution >= 0.6 is 11.8 Å². The standard InChI is InChI=1S/C17H26N2O3S/c1-2-3-4-5-10-19-16(20)15(18)12-23-11-13-6-8-14(9-7-13)17(21)22/h6-9,15H,2-5,10-12,18H2,1H3,(H,19,20)(H,21,22). The van der Waals surface area contributed by atoms with Gasteiger partial charge >= 0.3 is 5.97 Å². The van der Waals surface area contributed by atoms with Crippen LogP contribution < -0.4 is 11.1 Å². The Morgan fingerprint density at radius 3 is 2.52 bits per heavy atom. The molecule has 0 heterocycles. The molecule has 0 aliphatic heterocycles. The number of benzene rings is 1. The van der Waals surface area contributed by atoms with E-state index in [2.05, 4.69) is 12.2 Å². The summed E-state index contributed by atoms with van der Waals surface area (Å²) >= 11 is 1.57. The van der Waals surface area contributed by atoms with Crippen molar-refractivity contribution in [3.8, 4) is 0 Å². The van der Waals surface area contributed by atoms with Gasteiger partial charge in [-0.2, -0.15) is 11.8 Å². The van der Waals surface area contributed by atoms with Crippen LogP contribution in [0.4, 0.5) is 0 Å². The van der Waals surface area contributed by atoms with E-state index < -0.39 is 12.0 Å². The predicted molar refractivity (Wildman–Crippen MR) is 94.7 cm³/mol. The van der Waals surface area contributed by atoms with Gasteiger partial charge in [-0.25, -0.2) is 4.79 Å². The third-order valence-corrected chi connectivity index (χ3v) is 4.57. The van der Waals surface area contributed by atoms with Gasteiger partial charge < -0.3 is 16.2 Å². The first kappa shape index (κ1) is 19.5. The van der Waals surface area contributed by atoms with Crippen LogP contribution in [-0.4, -0.2) is 35.3 Å². The number of rotatable bonds is 11. The van der Waals surface area contributed by atoms with Gasteiger partial charge in [-0.05, 0) is 24.1 Å². The van der Waals surface area contributed by atoms with E-state index >= 15 is 0 Å². The van der Waals surface area contributed by atoms with E-state index in [0.717, 1.165) is 18.4 Å². The Labute approximate surface area is 142 Å². The molecule has 1 aromatic rings. The van der Waals surface area contributed by atoms with Crippen molar-refractivity contribution in [1.82, 2.24) is 5.32 Å². The maximum absolute atomic E-state index is 11.8. The van der Waals surface area contributed by atoms with Gasteiger partial charge in [0.05, 0.1) is 11.6 Å². The molecule has 4 N–H and O–H groups in total. The number of carboxylic acid groups (broad SMARTS) is 1. The number of thioether (sulfide) groups is 1. The van der Waals surface area contributed by atoms with Crippen molar-refractivity contribution in [2.75, 3.05) is 12.3 Å². The molecule has 0 aliphatic rings. The highest BCUT2D eigenvalue weighted by molar-refractivity contribution is 7.98. The maximum atomic E-state index is 11.8. The normalized spacial score (nSPS) is 11.9. The van der Waals surface area contributed by atoms with E-state index in [-0.39, 0.29) is 11.5 Å². The third-order valence-electron chi connectivity index (χ3n) is 3.43. The number of hydrogen-bond acceptors (Lipinski definition) is 4. The molecule has 1 aromatic carbocycles. The molecule has 23 heavy (non-hydrogen) atoms. The number of unbranched alkanes of at least 4 members (excludes halogenated alkanes) is 3. The van der Waals surface area contributed by atoms with Gasteiger partial charge in [0.25, 0.3) is 0 Å². The highest BCUT2D eigenvalue weighted by Gasteiger charge is 2.12. The highest BCUT2D eigenvalue weighted by Crippen LogP contribution is 2.14. The molecule has 0 aliphatic carbocycles. The third kappa shape index (κ3) is 8.04. The monoisotopic (exact) mass is 338 g/mol. The van der Waals surface area contributed by atoms with E-state index in [1.807, 2.05) is 0 Å². The van der Waals surface area contributed by atoms with Crippen molar-refractivity contribution in [2.24, 2.45) is 5.73 Å². The molecule has 0 saturated carbocycles. The summed E-state index contributed by atoms with van der Waals surface area (Å²) in [6.45, 7) is 2.84. The topological polar surface area (TPSA) is 92.4 Å². The number of carbonyl (C=O) groups is 2. The van der Waals surface area contributed by atoms with Crippen LogP contribution in [0.2, 0.25) is 0 Å². The summed E-state index contributed by atoms with van der Waals surface area (Å²) in [6.07, 6.45) is 4.50. The minimum atomic E-state index is -0.929. The SMILES string of the molecule is CCCCCCNC(=O)C(N)CSCc1ccc(C(=O)O)cc1. The van der Waals surface area contributed by atoms with Crippen molar-refractivity contribution < 1.29 is 14.7 Å². The van der Waals surface area contributed by atoms with Crippen molar-refractivity contribution >= 4 is 23.6 Å². The minimum Gasteiger partial charge on any atom is -0.478 e. The number of hydrogen-bond donors (Lipinski definition) is 3. The van der Waals surface area contributed by atoms with E-state index in [4.69, 9.17) is 10.8 Å². The van der Waals surface area contributed by atoms with Gasteiger partial charge in [-0.15, -0.1) is 0 Å². The molecule has 1 unspecified atom stereocenters. The number of carboxylic acids is 1. The molecule has 128 valence electrons. The summed E-state index contributed by atoms with van der Waals surface area (Å²) in [5.41, 5.74) is 7.17. The molecule has 0 saturated heterocycles. The summed E-state index contributed by atoms with van der Waals surface area (Å²) in [4.78, 5) is 22.6. The van der Waals surface area contributed by atoms with Crippen molar-refractivity contribution in [3.05, 3.63) is 35.4 Å². The Kier molecular flexibility index (Phi) is 9.40. The van der Waals surface area contributed by atoms with Crippen LogP contribution in [-0.2, 0) is 10.5 Å². The average molecular weight is 338 g/mol. The first-order valence-corrected chi connectivity index (χ1v) is 9.13. The maximum Gasteiger partial charge on any atom is 0.335 e. The fraction of sp³-hybridized carbons (Fsp3) is 0.529. The van der Waals surface area contributed by atoms with E-state index in [1.54, 1.807) is 36.0 Å². The highest BCUT2D eigenvalue weighted by atomic mass is 32.2. The number of nitrogens with two attached hydrogens (primary N) is 1. The van der Waals surface area contributed by atoms with Crippen LogP contribution in [0.25, 0.3) is 0 Å². The zero-order valence-electron chi connectivity index (χ0n) is 13.6. The minimum absolute atomic E-state index is 0.102. The largest absolute Gasteiger partial charge is 0.478 e. The average Bonchev–Trinajstić information content (AvgIpc) is 2.54. The van der Waals surface area contributed by atoms with Crippen LogP contribution in [0, 0.1) is 0 Å². The molecule has 1 rings (SSSR count). The van der Waals surface area contributed by atoms with Gasteiger partial charge in [0, 0.05) is 18.1 Å². The Morgan fingerprint density at radius 1 is 1.22 bits per heavy atom. The lowest BCUT2D eigenvalue weighted by molar-refractivity contribution is -0.121. The van der Waals surface area contributed by atoms with Gasteiger partial charge in [-0.1, -0.05) is 38.3 Å². The molecular formula is C17H26N2O3S.